The average molecular weight is 291 g/mol. The summed E-state index contributed by atoms with van der Waals surface area (Å²) in [6, 6.07) is 7.87. The SMILES string of the molecule is CCc1nc(N)c(C)c(NC(C)c2cccc(Cl)c2)n1. The zero-order valence-electron chi connectivity index (χ0n) is 11.9. The zero-order valence-corrected chi connectivity index (χ0v) is 12.7. The molecule has 1 unspecified atom stereocenters. The summed E-state index contributed by atoms with van der Waals surface area (Å²) in [4.78, 5) is 8.76. The number of nitrogen functional groups attached to an aromatic ring is 1. The molecule has 0 saturated carbocycles. The Morgan fingerprint density at radius 1 is 1.35 bits per heavy atom. The van der Waals surface area contributed by atoms with Gasteiger partial charge >= 0.3 is 0 Å². The lowest BCUT2D eigenvalue weighted by Gasteiger charge is -2.18. The van der Waals surface area contributed by atoms with Gasteiger partial charge in [-0.1, -0.05) is 30.7 Å². The standard InChI is InChI=1S/C15H19ClN4/c1-4-13-19-14(17)9(2)15(20-13)18-10(3)11-6-5-7-12(16)8-11/h5-8,10H,4H2,1-3H3,(H3,17,18,19,20). The predicted octanol–water partition coefficient (Wildman–Crippen LogP) is 3.76. The zero-order chi connectivity index (χ0) is 14.7. The average Bonchev–Trinajstić information content (AvgIpc) is 2.43. The molecule has 0 saturated heterocycles. The highest BCUT2D eigenvalue weighted by Crippen LogP contribution is 2.24. The second kappa shape index (κ2) is 6.09. The Morgan fingerprint density at radius 3 is 2.75 bits per heavy atom. The highest BCUT2D eigenvalue weighted by atomic mass is 35.5. The van der Waals surface area contributed by atoms with Crippen LogP contribution in [0.2, 0.25) is 5.02 Å². The van der Waals surface area contributed by atoms with Gasteiger partial charge in [0.1, 0.15) is 17.5 Å². The third kappa shape index (κ3) is 3.20. The molecule has 1 aromatic carbocycles. The van der Waals surface area contributed by atoms with E-state index in [0.717, 1.165) is 34.2 Å². The molecular formula is C15H19ClN4. The molecule has 0 spiro atoms. The van der Waals surface area contributed by atoms with Crippen LogP contribution in [0.5, 0.6) is 0 Å². The molecule has 0 aliphatic heterocycles. The van der Waals surface area contributed by atoms with Crippen molar-refractivity contribution in [2.75, 3.05) is 11.1 Å². The molecule has 0 radical (unpaired) electrons. The number of aryl methyl sites for hydroxylation is 1. The molecule has 1 heterocycles. The number of hydrogen-bond acceptors (Lipinski definition) is 4. The maximum absolute atomic E-state index is 6.02. The smallest absolute Gasteiger partial charge is 0.135 e. The van der Waals surface area contributed by atoms with E-state index in [0.29, 0.717) is 5.82 Å². The lowest BCUT2D eigenvalue weighted by atomic mass is 10.1. The molecule has 0 aliphatic carbocycles. The molecule has 4 nitrogen and oxygen atoms in total. The fraction of sp³-hybridized carbons (Fsp3) is 0.333. The van der Waals surface area contributed by atoms with Gasteiger partial charge in [-0.25, -0.2) is 9.97 Å². The number of nitrogens with one attached hydrogen (secondary N) is 1. The van der Waals surface area contributed by atoms with Crippen LogP contribution in [-0.2, 0) is 6.42 Å². The van der Waals surface area contributed by atoms with Gasteiger partial charge < -0.3 is 11.1 Å². The van der Waals surface area contributed by atoms with Gasteiger partial charge in [-0.2, -0.15) is 0 Å². The Bertz CT molecular complexity index is 613. The van der Waals surface area contributed by atoms with Crippen molar-refractivity contribution in [1.29, 1.82) is 0 Å². The Kier molecular flexibility index (Phi) is 4.45. The van der Waals surface area contributed by atoms with Crippen LogP contribution in [-0.4, -0.2) is 9.97 Å². The van der Waals surface area contributed by atoms with Gasteiger partial charge in [0, 0.05) is 17.0 Å². The van der Waals surface area contributed by atoms with Crippen molar-refractivity contribution in [3.8, 4) is 0 Å². The van der Waals surface area contributed by atoms with Crippen molar-refractivity contribution < 1.29 is 0 Å². The molecule has 5 heteroatoms. The minimum Gasteiger partial charge on any atom is -0.383 e. The fourth-order valence-electron chi connectivity index (χ4n) is 1.95. The predicted molar refractivity (Wildman–Crippen MR) is 84.0 cm³/mol. The first-order valence-corrected chi connectivity index (χ1v) is 7.04. The second-order valence-electron chi connectivity index (χ2n) is 4.77. The molecule has 106 valence electrons. The highest BCUT2D eigenvalue weighted by Gasteiger charge is 2.12. The summed E-state index contributed by atoms with van der Waals surface area (Å²) in [6.07, 6.45) is 0.755. The van der Waals surface area contributed by atoms with E-state index in [1.165, 1.54) is 0 Å². The van der Waals surface area contributed by atoms with Crippen LogP contribution >= 0.6 is 11.6 Å². The topological polar surface area (TPSA) is 63.8 Å². The lowest BCUT2D eigenvalue weighted by molar-refractivity contribution is 0.853. The Morgan fingerprint density at radius 2 is 2.10 bits per heavy atom. The number of nitrogens with two attached hydrogens (primary N) is 1. The minimum atomic E-state index is 0.0893. The van der Waals surface area contributed by atoms with Gasteiger partial charge in [0.15, 0.2) is 0 Å². The summed E-state index contributed by atoms with van der Waals surface area (Å²) in [5.74, 6) is 2.05. The maximum atomic E-state index is 6.02. The van der Waals surface area contributed by atoms with Crippen LogP contribution in [0.3, 0.4) is 0 Å². The van der Waals surface area contributed by atoms with E-state index in [4.69, 9.17) is 17.3 Å². The number of benzene rings is 1. The first-order chi connectivity index (χ1) is 9.51. The van der Waals surface area contributed by atoms with Crippen molar-refractivity contribution in [2.45, 2.75) is 33.2 Å². The normalized spacial score (nSPS) is 12.2. The molecule has 1 atom stereocenters. The summed E-state index contributed by atoms with van der Waals surface area (Å²) in [6.45, 7) is 5.99. The van der Waals surface area contributed by atoms with Crippen LogP contribution in [0, 0.1) is 6.92 Å². The fourth-order valence-corrected chi connectivity index (χ4v) is 2.14. The number of halogens is 1. The monoisotopic (exact) mass is 290 g/mol. The molecule has 1 aromatic heterocycles. The van der Waals surface area contributed by atoms with E-state index in [1.807, 2.05) is 38.1 Å². The van der Waals surface area contributed by atoms with Gasteiger partial charge in [-0.3, -0.25) is 0 Å². The van der Waals surface area contributed by atoms with Crippen molar-refractivity contribution in [2.24, 2.45) is 0 Å². The van der Waals surface area contributed by atoms with Gasteiger partial charge in [-0.05, 0) is 31.5 Å². The van der Waals surface area contributed by atoms with Crippen molar-refractivity contribution in [3.05, 3.63) is 46.2 Å². The molecule has 0 amide bonds. The number of aromatic nitrogens is 2. The molecule has 0 bridgehead atoms. The molecular weight excluding hydrogens is 272 g/mol. The van der Waals surface area contributed by atoms with Crippen LogP contribution in [0.1, 0.15) is 36.8 Å². The minimum absolute atomic E-state index is 0.0893. The molecule has 20 heavy (non-hydrogen) atoms. The van der Waals surface area contributed by atoms with Crippen LogP contribution in [0.25, 0.3) is 0 Å². The van der Waals surface area contributed by atoms with E-state index < -0.39 is 0 Å². The van der Waals surface area contributed by atoms with E-state index >= 15 is 0 Å². The Balaban J connectivity index is 2.27. The Hall–Kier alpha value is -1.81. The number of nitrogens with zero attached hydrogens (tertiary/aromatic N) is 2. The summed E-state index contributed by atoms with van der Waals surface area (Å²) in [5.41, 5.74) is 7.90. The number of rotatable bonds is 4. The molecule has 0 fully saturated rings. The summed E-state index contributed by atoms with van der Waals surface area (Å²) >= 11 is 6.02. The van der Waals surface area contributed by atoms with Crippen molar-refractivity contribution in [1.82, 2.24) is 9.97 Å². The molecule has 2 rings (SSSR count). The van der Waals surface area contributed by atoms with Crippen LogP contribution in [0.4, 0.5) is 11.6 Å². The molecule has 2 aromatic rings. The summed E-state index contributed by atoms with van der Waals surface area (Å²) in [5, 5.41) is 4.11. The van der Waals surface area contributed by atoms with E-state index in [-0.39, 0.29) is 6.04 Å². The van der Waals surface area contributed by atoms with Gasteiger partial charge in [0.05, 0.1) is 6.04 Å². The second-order valence-corrected chi connectivity index (χ2v) is 5.21. The quantitative estimate of drug-likeness (QED) is 0.900. The van der Waals surface area contributed by atoms with Gasteiger partial charge in [-0.15, -0.1) is 0 Å². The number of hydrogen-bond donors (Lipinski definition) is 2. The first kappa shape index (κ1) is 14.6. The highest BCUT2D eigenvalue weighted by molar-refractivity contribution is 6.30. The third-order valence-corrected chi connectivity index (χ3v) is 3.48. The Labute approximate surface area is 124 Å². The number of anilines is 2. The van der Waals surface area contributed by atoms with E-state index in [1.54, 1.807) is 0 Å². The molecule has 0 aliphatic rings. The van der Waals surface area contributed by atoms with Gasteiger partial charge in [0.25, 0.3) is 0 Å². The first-order valence-electron chi connectivity index (χ1n) is 6.66. The van der Waals surface area contributed by atoms with Crippen LogP contribution < -0.4 is 11.1 Å². The van der Waals surface area contributed by atoms with Gasteiger partial charge in [0.2, 0.25) is 0 Å². The van der Waals surface area contributed by atoms with Crippen molar-refractivity contribution >= 4 is 23.2 Å². The van der Waals surface area contributed by atoms with E-state index in [9.17, 15) is 0 Å². The lowest BCUT2D eigenvalue weighted by Crippen LogP contribution is -2.12. The largest absolute Gasteiger partial charge is 0.383 e. The summed E-state index contributed by atoms with van der Waals surface area (Å²) < 4.78 is 0. The van der Waals surface area contributed by atoms with Crippen molar-refractivity contribution in [3.63, 3.8) is 0 Å². The maximum Gasteiger partial charge on any atom is 0.135 e. The summed E-state index contributed by atoms with van der Waals surface area (Å²) in [7, 11) is 0. The van der Waals surface area contributed by atoms with Crippen LogP contribution in [0.15, 0.2) is 24.3 Å². The third-order valence-electron chi connectivity index (χ3n) is 3.25. The molecule has 3 N–H and O–H groups in total. The van der Waals surface area contributed by atoms with E-state index in [2.05, 4.69) is 22.2 Å².